The van der Waals surface area contributed by atoms with E-state index in [1.807, 2.05) is 0 Å². The van der Waals surface area contributed by atoms with Gasteiger partial charge in [0.05, 0.1) is 21.3 Å². The zero-order valence-electron chi connectivity index (χ0n) is 12.8. The molecule has 0 bridgehead atoms. The molecule has 0 radical (unpaired) electrons. The molecule has 9 heteroatoms. The minimum absolute atomic E-state index is 0.201. The Morgan fingerprint density at radius 2 is 0.833 bits per heavy atom. The smallest absolute Gasteiger partial charge is 0.349 e. The lowest BCUT2D eigenvalue weighted by molar-refractivity contribution is -0.136. The topological polar surface area (TPSA) is 150 Å². The van der Waals surface area contributed by atoms with Crippen LogP contribution in [0.5, 0.6) is 0 Å². The van der Waals surface area contributed by atoms with Crippen LogP contribution in [0.2, 0.25) is 0 Å². The molecule has 1 aliphatic carbocycles. The second-order valence-electron chi connectivity index (χ2n) is 4.06. The van der Waals surface area contributed by atoms with Crippen LogP contribution in [0.1, 0.15) is 0 Å². The molecule has 0 aliphatic heterocycles. The largest absolute Gasteiger partial charge is 0.465 e. The number of nitriles is 3. The molecule has 24 heavy (non-hydrogen) atoms. The van der Waals surface area contributed by atoms with Crippen LogP contribution in [-0.2, 0) is 28.6 Å². The third kappa shape index (κ3) is 2.99. The van der Waals surface area contributed by atoms with Crippen molar-refractivity contribution < 1.29 is 28.6 Å². The van der Waals surface area contributed by atoms with Crippen LogP contribution in [0.4, 0.5) is 0 Å². The van der Waals surface area contributed by atoms with Crippen molar-refractivity contribution in [2.75, 3.05) is 21.3 Å². The highest BCUT2D eigenvalue weighted by Crippen LogP contribution is 2.51. The monoisotopic (exact) mass is 327 g/mol. The molecule has 0 aromatic heterocycles. The fourth-order valence-electron chi connectivity index (χ4n) is 1.85. The molecule has 0 spiro atoms. The summed E-state index contributed by atoms with van der Waals surface area (Å²) in [7, 11) is 3.06. The SMILES string of the molecule is COC(=O)C(C#N)=C1C(=C(C#N)C(=O)OC)C1=C(C#N)C(=O)OC. The first kappa shape index (κ1) is 18.1. The first-order chi connectivity index (χ1) is 11.4. The van der Waals surface area contributed by atoms with Gasteiger partial charge in [-0.05, 0) is 0 Å². The van der Waals surface area contributed by atoms with Gasteiger partial charge in [-0.15, -0.1) is 0 Å². The maximum absolute atomic E-state index is 11.7. The van der Waals surface area contributed by atoms with E-state index in [-0.39, 0.29) is 16.7 Å². The van der Waals surface area contributed by atoms with Gasteiger partial charge in [0.2, 0.25) is 0 Å². The number of carbonyl (C=O) groups is 3. The summed E-state index contributed by atoms with van der Waals surface area (Å²) >= 11 is 0. The van der Waals surface area contributed by atoms with E-state index >= 15 is 0 Å². The molecule has 0 atom stereocenters. The normalized spacial score (nSPS) is 11.2. The highest BCUT2D eigenvalue weighted by atomic mass is 16.5. The molecule has 0 heterocycles. The van der Waals surface area contributed by atoms with Crippen LogP contribution in [0.3, 0.4) is 0 Å². The lowest BCUT2D eigenvalue weighted by Gasteiger charge is -1.94. The van der Waals surface area contributed by atoms with E-state index in [0.717, 1.165) is 21.3 Å². The Hall–Kier alpha value is -3.90. The van der Waals surface area contributed by atoms with Crippen molar-refractivity contribution in [3.63, 3.8) is 0 Å². The van der Waals surface area contributed by atoms with E-state index in [1.165, 1.54) is 0 Å². The van der Waals surface area contributed by atoms with Crippen molar-refractivity contribution in [1.29, 1.82) is 15.8 Å². The molecular weight excluding hydrogens is 318 g/mol. The predicted octanol–water partition coefficient (Wildman–Crippen LogP) is -0.0205. The van der Waals surface area contributed by atoms with Crippen molar-refractivity contribution in [2.45, 2.75) is 0 Å². The maximum Gasteiger partial charge on any atom is 0.349 e. The van der Waals surface area contributed by atoms with Crippen LogP contribution in [0.25, 0.3) is 0 Å². The van der Waals surface area contributed by atoms with Crippen molar-refractivity contribution in [3.05, 3.63) is 33.4 Å². The molecule has 1 aliphatic rings. The van der Waals surface area contributed by atoms with Gasteiger partial charge >= 0.3 is 17.9 Å². The first-order valence-corrected chi connectivity index (χ1v) is 6.12. The average Bonchev–Trinajstić information content (AvgIpc) is 3.30. The fourth-order valence-corrected chi connectivity index (χ4v) is 1.85. The highest BCUT2D eigenvalue weighted by Gasteiger charge is 2.45. The van der Waals surface area contributed by atoms with Gasteiger partial charge in [0.15, 0.2) is 0 Å². The molecule has 1 fully saturated rings. The zero-order chi connectivity index (χ0) is 18.4. The van der Waals surface area contributed by atoms with E-state index in [1.54, 1.807) is 18.2 Å². The summed E-state index contributed by atoms with van der Waals surface area (Å²) in [4.78, 5) is 35.0. The second kappa shape index (κ2) is 7.39. The van der Waals surface area contributed by atoms with Gasteiger partial charge in [0, 0.05) is 16.7 Å². The number of esters is 3. The van der Waals surface area contributed by atoms with Gasteiger partial charge < -0.3 is 14.2 Å². The van der Waals surface area contributed by atoms with Crippen molar-refractivity contribution >= 4 is 17.9 Å². The number of hydrogen-bond donors (Lipinski definition) is 0. The van der Waals surface area contributed by atoms with Gasteiger partial charge in [-0.25, -0.2) is 14.4 Å². The molecule has 1 saturated carbocycles. The van der Waals surface area contributed by atoms with Crippen molar-refractivity contribution in [3.8, 4) is 18.2 Å². The Morgan fingerprint density at radius 3 is 0.958 bits per heavy atom. The second-order valence-corrected chi connectivity index (χ2v) is 4.06. The molecule has 0 aromatic carbocycles. The fraction of sp³-hybridized carbons (Fsp3) is 0.200. The molecule has 0 amide bonds. The number of carbonyl (C=O) groups excluding carboxylic acids is 3. The van der Waals surface area contributed by atoms with E-state index in [4.69, 9.17) is 15.8 Å². The zero-order valence-corrected chi connectivity index (χ0v) is 12.8. The molecule has 120 valence electrons. The summed E-state index contributed by atoms with van der Waals surface area (Å²) in [5, 5.41) is 27.4. The number of allylic oxidation sites excluding steroid dienone is 3. The van der Waals surface area contributed by atoms with Crippen molar-refractivity contribution in [1.82, 2.24) is 0 Å². The van der Waals surface area contributed by atoms with Gasteiger partial charge in [-0.1, -0.05) is 0 Å². The quantitative estimate of drug-likeness (QED) is 0.301. The van der Waals surface area contributed by atoms with Crippen molar-refractivity contribution in [2.24, 2.45) is 0 Å². The van der Waals surface area contributed by atoms with Gasteiger partial charge in [-0.2, -0.15) is 15.8 Å². The van der Waals surface area contributed by atoms with E-state index < -0.39 is 34.6 Å². The third-order valence-electron chi connectivity index (χ3n) is 2.94. The third-order valence-corrected chi connectivity index (χ3v) is 2.94. The number of rotatable bonds is 3. The summed E-state index contributed by atoms with van der Waals surface area (Å²) < 4.78 is 13.3. The summed E-state index contributed by atoms with van der Waals surface area (Å²) in [6, 6.07) is 4.68. The Morgan fingerprint density at radius 1 is 0.625 bits per heavy atom. The molecule has 0 N–H and O–H groups in total. The van der Waals surface area contributed by atoms with Crippen LogP contribution < -0.4 is 0 Å². The number of nitrogens with zero attached hydrogens (tertiary/aromatic N) is 3. The molecule has 1 rings (SSSR count). The van der Waals surface area contributed by atoms with Crippen LogP contribution in [-0.4, -0.2) is 39.2 Å². The average molecular weight is 327 g/mol. The highest BCUT2D eigenvalue weighted by molar-refractivity contribution is 6.11. The Balaban J connectivity index is 3.91. The molecule has 0 saturated heterocycles. The predicted molar refractivity (Wildman–Crippen MR) is 74.0 cm³/mol. The number of hydrogen-bond acceptors (Lipinski definition) is 9. The maximum atomic E-state index is 11.7. The molecule has 0 aromatic rings. The minimum atomic E-state index is -1.05. The van der Waals surface area contributed by atoms with Gasteiger partial charge in [0.1, 0.15) is 34.9 Å². The van der Waals surface area contributed by atoms with Crippen LogP contribution in [0.15, 0.2) is 33.4 Å². The van der Waals surface area contributed by atoms with E-state index in [2.05, 4.69) is 14.2 Å². The number of ether oxygens (including phenoxy) is 3. The van der Waals surface area contributed by atoms with Gasteiger partial charge in [-0.3, -0.25) is 0 Å². The molecule has 0 unspecified atom stereocenters. The Bertz CT molecular complexity index is 729. The lowest BCUT2D eigenvalue weighted by atomic mass is 10.2. The first-order valence-electron chi connectivity index (χ1n) is 6.12. The summed E-state index contributed by atoms with van der Waals surface area (Å²) in [6.07, 6.45) is 0. The summed E-state index contributed by atoms with van der Waals surface area (Å²) in [5.74, 6) is -3.15. The van der Waals surface area contributed by atoms with Crippen LogP contribution in [0, 0.1) is 34.0 Å². The van der Waals surface area contributed by atoms with E-state index in [0.29, 0.717) is 0 Å². The molecular formula is C15H9N3O6. The standard InChI is InChI=1S/C15H9N3O6/c1-22-13(19)7(4-16)10-11(8(5-17)14(20)23-2)12(10)9(6-18)15(21)24-3/h1-3H3. The Labute approximate surface area is 136 Å². The summed E-state index contributed by atoms with van der Waals surface area (Å²) in [6.45, 7) is 0. The van der Waals surface area contributed by atoms with E-state index in [9.17, 15) is 14.4 Å². The molecule has 9 nitrogen and oxygen atoms in total. The minimum Gasteiger partial charge on any atom is -0.465 e. The summed E-state index contributed by atoms with van der Waals surface area (Å²) in [5.41, 5.74) is -2.28. The van der Waals surface area contributed by atoms with Crippen LogP contribution >= 0.6 is 0 Å². The number of methoxy groups -OCH3 is 3. The van der Waals surface area contributed by atoms with Gasteiger partial charge in [0.25, 0.3) is 0 Å². The Kier molecular flexibility index (Phi) is 5.59. The lowest BCUT2D eigenvalue weighted by Crippen LogP contribution is -2.04.